The van der Waals surface area contributed by atoms with E-state index in [-0.39, 0.29) is 5.78 Å². The van der Waals surface area contributed by atoms with Crippen LogP contribution in [-0.2, 0) is 0 Å². The lowest BCUT2D eigenvalue weighted by atomic mass is 10.0. The van der Waals surface area contributed by atoms with E-state index in [0.717, 1.165) is 71.6 Å². The molecule has 0 saturated carbocycles. The lowest BCUT2D eigenvalue weighted by Gasteiger charge is -2.11. The van der Waals surface area contributed by atoms with Gasteiger partial charge in [0.15, 0.2) is 5.78 Å². The Bertz CT molecular complexity index is 3350. The molecule has 3 aliphatic carbocycles. The number of hydrogen-bond acceptors (Lipinski definition) is 2. The zero-order chi connectivity index (χ0) is 36.6. The van der Waals surface area contributed by atoms with E-state index in [9.17, 15) is 4.79 Å². The fourth-order valence-corrected chi connectivity index (χ4v) is 10.8. The van der Waals surface area contributed by atoms with Crippen LogP contribution in [0, 0.1) is 0 Å². The van der Waals surface area contributed by atoms with Gasteiger partial charge < -0.3 is 13.7 Å². The molecule has 260 valence electrons. The monoisotopic (exact) mass is 731 g/mol. The highest BCUT2D eigenvalue weighted by atomic mass is 32.1. The van der Waals surface area contributed by atoms with Crippen LogP contribution in [0.5, 0.6) is 0 Å². The standard InChI is InChI=1S/C51H29N3OS/c55-50-48-33-13-3-1-2-12-30(33)26-40(48)51-49(50)47(29-56-51)54-45-24-22-31(52-41-18-8-4-14-34(41)35-15-5-9-19-42(35)52)27-38(45)39-28-32(23-25-46(39)54)53-43-20-10-6-16-36(43)37-17-7-11-21-44(37)53/h1-29H. The maximum Gasteiger partial charge on any atom is 0.197 e. The summed E-state index contributed by atoms with van der Waals surface area (Å²) < 4.78 is 7.10. The number of hydrogen-bond donors (Lipinski definition) is 0. The summed E-state index contributed by atoms with van der Waals surface area (Å²) in [6, 6.07) is 60.8. The molecular weight excluding hydrogens is 703 g/mol. The van der Waals surface area contributed by atoms with Crippen molar-refractivity contribution in [3.63, 3.8) is 0 Å². The molecule has 0 unspecified atom stereocenters. The second kappa shape index (κ2) is 10.9. The van der Waals surface area contributed by atoms with Gasteiger partial charge in [0, 0.05) is 65.1 Å². The number of benzene rings is 6. The van der Waals surface area contributed by atoms with Crippen LogP contribution in [0.4, 0.5) is 0 Å². The Morgan fingerprint density at radius 2 is 0.839 bits per heavy atom. The quantitative estimate of drug-likeness (QED) is 0.178. The fourth-order valence-electron chi connectivity index (χ4n) is 9.71. The lowest BCUT2D eigenvalue weighted by molar-refractivity contribution is 0.104. The van der Waals surface area contributed by atoms with Crippen LogP contribution in [0.2, 0.25) is 0 Å². The molecule has 3 aliphatic rings. The van der Waals surface area contributed by atoms with Gasteiger partial charge in [-0.1, -0.05) is 103 Å². The topological polar surface area (TPSA) is 31.9 Å². The predicted molar refractivity (Wildman–Crippen MR) is 233 cm³/mol. The van der Waals surface area contributed by atoms with Crippen LogP contribution in [0.25, 0.3) is 104 Å². The van der Waals surface area contributed by atoms with Crippen molar-refractivity contribution in [2.45, 2.75) is 0 Å². The first-order chi connectivity index (χ1) is 27.7. The van der Waals surface area contributed by atoms with Gasteiger partial charge in [-0.05, 0) is 77.9 Å². The first-order valence-corrected chi connectivity index (χ1v) is 19.8. The van der Waals surface area contributed by atoms with E-state index >= 15 is 0 Å². The zero-order valence-corrected chi connectivity index (χ0v) is 30.7. The Kier molecular flexibility index (Phi) is 5.89. The minimum atomic E-state index is 0.103. The number of carbonyl (C=O) groups excluding carboxylic acids is 1. The predicted octanol–water partition coefficient (Wildman–Crippen LogP) is 13.4. The van der Waals surface area contributed by atoms with Gasteiger partial charge in [-0.3, -0.25) is 4.79 Å². The molecule has 0 spiro atoms. The minimum Gasteiger partial charge on any atom is -0.309 e. The molecule has 0 N–H and O–H groups in total. The van der Waals surface area contributed by atoms with Crippen LogP contribution >= 0.6 is 11.3 Å². The maximum absolute atomic E-state index is 14.6. The van der Waals surface area contributed by atoms with Crippen molar-refractivity contribution in [3.8, 4) is 38.6 Å². The normalized spacial score (nSPS) is 12.7. The third-order valence-corrected chi connectivity index (χ3v) is 13.0. The van der Waals surface area contributed by atoms with E-state index < -0.39 is 0 Å². The summed E-state index contributed by atoms with van der Waals surface area (Å²) in [5.41, 5.74) is 14.8. The van der Waals surface area contributed by atoms with Crippen LogP contribution in [-0.4, -0.2) is 19.5 Å². The van der Waals surface area contributed by atoms with Gasteiger partial charge in [0.2, 0.25) is 0 Å². The SMILES string of the molecule is O=C1c2c3cccccc-3cc2-c2scc(-n3c4ccc(-n5c6ccccc6c6ccccc65)cc4c4cc(-n5c6ccccc6c6ccccc65)ccc43)c21. The molecule has 0 bridgehead atoms. The van der Waals surface area contributed by atoms with Crippen LogP contribution < -0.4 is 0 Å². The fraction of sp³-hybridized carbons (Fsp3) is 0. The van der Waals surface area contributed by atoms with E-state index in [2.05, 4.69) is 171 Å². The number of para-hydroxylation sites is 4. The van der Waals surface area contributed by atoms with Crippen LogP contribution in [0.1, 0.15) is 15.9 Å². The van der Waals surface area contributed by atoms with Crippen LogP contribution in [0.15, 0.2) is 175 Å². The number of nitrogens with zero attached hydrogens (tertiary/aromatic N) is 3. The van der Waals surface area contributed by atoms with E-state index in [1.807, 2.05) is 18.2 Å². The molecular formula is C51H29N3OS. The molecule has 0 atom stereocenters. The van der Waals surface area contributed by atoms with Gasteiger partial charge in [-0.2, -0.15) is 0 Å². The van der Waals surface area contributed by atoms with Gasteiger partial charge in [0.25, 0.3) is 0 Å². The zero-order valence-electron chi connectivity index (χ0n) is 29.9. The highest BCUT2D eigenvalue weighted by molar-refractivity contribution is 7.14. The van der Waals surface area contributed by atoms with Gasteiger partial charge in [-0.15, -0.1) is 11.3 Å². The molecule has 0 radical (unpaired) electrons. The van der Waals surface area contributed by atoms with Gasteiger partial charge in [0.05, 0.1) is 44.4 Å². The first-order valence-electron chi connectivity index (χ1n) is 19.0. The average molecular weight is 732 g/mol. The second-order valence-electron chi connectivity index (χ2n) is 14.8. The molecule has 13 rings (SSSR count). The molecule has 4 heterocycles. The molecule has 4 nitrogen and oxygen atoms in total. The summed E-state index contributed by atoms with van der Waals surface area (Å²) in [5.74, 6) is 0.103. The largest absolute Gasteiger partial charge is 0.309 e. The van der Waals surface area contributed by atoms with Crippen LogP contribution in [0.3, 0.4) is 0 Å². The molecule has 0 fully saturated rings. The Balaban J connectivity index is 1.11. The van der Waals surface area contributed by atoms with Gasteiger partial charge >= 0.3 is 0 Å². The molecule has 10 aromatic rings. The van der Waals surface area contributed by atoms with Crippen molar-refractivity contribution >= 4 is 82.5 Å². The van der Waals surface area contributed by atoms with E-state index in [1.54, 1.807) is 11.3 Å². The maximum atomic E-state index is 14.6. The molecule has 0 amide bonds. The Labute approximate surface area is 324 Å². The van der Waals surface area contributed by atoms with Crippen molar-refractivity contribution in [3.05, 3.63) is 186 Å². The molecule has 0 aliphatic heterocycles. The number of fused-ring (bicyclic) bond motifs is 14. The summed E-state index contributed by atoms with van der Waals surface area (Å²) in [6.45, 7) is 0. The summed E-state index contributed by atoms with van der Waals surface area (Å²) >= 11 is 1.67. The molecule has 0 saturated heterocycles. The Morgan fingerprint density at radius 3 is 1.38 bits per heavy atom. The van der Waals surface area contributed by atoms with Gasteiger partial charge in [-0.25, -0.2) is 0 Å². The number of aromatic nitrogens is 3. The summed E-state index contributed by atoms with van der Waals surface area (Å²) in [7, 11) is 0. The second-order valence-corrected chi connectivity index (χ2v) is 15.7. The highest BCUT2D eigenvalue weighted by Gasteiger charge is 2.36. The third-order valence-electron chi connectivity index (χ3n) is 12.0. The summed E-state index contributed by atoms with van der Waals surface area (Å²) in [4.78, 5) is 15.7. The third kappa shape index (κ3) is 3.84. The molecule has 4 aromatic heterocycles. The Morgan fingerprint density at radius 1 is 0.375 bits per heavy atom. The number of thiophene rings is 1. The van der Waals surface area contributed by atoms with E-state index in [4.69, 9.17) is 0 Å². The first kappa shape index (κ1) is 30.2. The van der Waals surface area contributed by atoms with Crippen molar-refractivity contribution < 1.29 is 4.79 Å². The summed E-state index contributed by atoms with van der Waals surface area (Å²) in [5, 5.41) is 9.40. The molecule has 56 heavy (non-hydrogen) atoms. The van der Waals surface area contributed by atoms with E-state index in [1.165, 1.54) is 43.6 Å². The smallest absolute Gasteiger partial charge is 0.197 e. The van der Waals surface area contributed by atoms with Crippen molar-refractivity contribution in [1.29, 1.82) is 0 Å². The van der Waals surface area contributed by atoms with Gasteiger partial charge in [0.1, 0.15) is 0 Å². The van der Waals surface area contributed by atoms with E-state index in [0.29, 0.717) is 0 Å². The highest BCUT2D eigenvalue weighted by Crippen LogP contribution is 2.51. The molecule has 5 heteroatoms. The van der Waals surface area contributed by atoms with Crippen molar-refractivity contribution in [2.24, 2.45) is 0 Å². The number of rotatable bonds is 3. The average Bonchev–Trinajstić information content (AvgIpc) is 4.06. The summed E-state index contributed by atoms with van der Waals surface area (Å²) in [6.07, 6.45) is 0. The Hall–Kier alpha value is -7.21. The lowest BCUT2D eigenvalue weighted by Crippen LogP contribution is -2.03. The van der Waals surface area contributed by atoms with Crippen molar-refractivity contribution in [1.82, 2.24) is 13.7 Å². The molecule has 6 aromatic carbocycles. The number of carbonyl (C=O) groups is 1. The number of ketones is 1. The minimum absolute atomic E-state index is 0.103. The van der Waals surface area contributed by atoms with Crippen molar-refractivity contribution in [2.75, 3.05) is 0 Å².